The number of hydrogen-bond acceptors (Lipinski definition) is 4. The Labute approximate surface area is 160 Å². The average molecular weight is 370 g/mol. The topological polar surface area (TPSA) is 69.3 Å². The van der Waals surface area contributed by atoms with Crippen LogP contribution in [-0.4, -0.2) is 58.4 Å². The number of carbonyl (C=O) groups is 1. The third-order valence-electron chi connectivity index (χ3n) is 7.08. The van der Waals surface area contributed by atoms with Crippen molar-refractivity contribution in [2.24, 2.45) is 0 Å². The summed E-state index contributed by atoms with van der Waals surface area (Å²) in [6.45, 7) is 4.22. The van der Waals surface area contributed by atoms with E-state index in [1.807, 2.05) is 4.90 Å². The molecule has 1 aromatic rings. The Morgan fingerprint density at radius 3 is 2.70 bits per heavy atom. The van der Waals surface area contributed by atoms with Gasteiger partial charge in [-0.05, 0) is 64.3 Å². The number of aromatic nitrogens is 2. The predicted molar refractivity (Wildman–Crippen MR) is 103 cm³/mol. The Balaban J connectivity index is 1.35. The molecule has 1 unspecified atom stereocenters. The normalized spacial score (nSPS) is 28.5. The van der Waals surface area contributed by atoms with Crippen LogP contribution >= 0.6 is 0 Å². The zero-order valence-corrected chi connectivity index (χ0v) is 16.1. The first-order valence-electron chi connectivity index (χ1n) is 10.8. The summed E-state index contributed by atoms with van der Waals surface area (Å²) in [6.07, 6.45) is 9.82. The summed E-state index contributed by atoms with van der Waals surface area (Å²) in [5, 5.41) is 0. The summed E-state index contributed by atoms with van der Waals surface area (Å²) in [5.41, 5.74) is 2.03. The Morgan fingerprint density at radius 1 is 1.11 bits per heavy atom. The van der Waals surface area contributed by atoms with Crippen LogP contribution in [0.25, 0.3) is 0 Å². The van der Waals surface area contributed by atoms with E-state index in [1.165, 1.54) is 6.42 Å². The number of fused-ring (bicyclic) bond motifs is 2. The third kappa shape index (κ3) is 3.22. The smallest absolute Gasteiger partial charge is 0.254 e. The minimum atomic E-state index is -0.0202. The number of hydrogen-bond donors (Lipinski definition) is 1. The third-order valence-corrected chi connectivity index (χ3v) is 7.08. The quantitative estimate of drug-likeness (QED) is 0.883. The van der Waals surface area contributed by atoms with E-state index in [1.54, 1.807) is 0 Å². The van der Waals surface area contributed by atoms with E-state index in [0.29, 0.717) is 12.5 Å². The van der Waals surface area contributed by atoms with Crippen molar-refractivity contribution < 1.29 is 4.79 Å². The molecule has 2 aliphatic carbocycles. The average Bonchev–Trinajstić information content (AvgIpc) is 3.48. The molecule has 1 spiro atoms. The second kappa shape index (κ2) is 6.73. The number of aromatic amines is 1. The van der Waals surface area contributed by atoms with Crippen LogP contribution in [0, 0.1) is 0 Å². The van der Waals surface area contributed by atoms with Gasteiger partial charge in [0, 0.05) is 36.5 Å². The maximum absolute atomic E-state index is 12.7. The van der Waals surface area contributed by atoms with Crippen molar-refractivity contribution in [3.8, 4) is 0 Å². The highest BCUT2D eigenvalue weighted by atomic mass is 16.2. The molecule has 3 heterocycles. The molecule has 27 heavy (non-hydrogen) atoms. The zero-order valence-electron chi connectivity index (χ0n) is 16.1. The molecule has 5 rings (SSSR count). The summed E-state index contributed by atoms with van der Waals surface area (Å²) in [6, 6.07) is 0. The Hall–Kier alpha value is -1.69. The summed E-state index contributed by atoms with van der Waals surface area (Å²) in [5.74, 6) is 1.64. The molecule has 1 aromatic heterocycles. The van der Waals surface area contributed by atoms with Crippen molar-refractivity contribution in [2.45, 2.75) is 69.1 Å². The van der Waals surface area contributed by atoms with Crippen molar-refractivity contribution in [3.63, 3.8) is 0 Å². The predicted octanol–water partition coefficient (Wildman–Crippen LogP) is 1.94. The lowest BCUT2D eigenvalue weighted by molar-refractivity contribution is -0.133. The highest BCUT2D eigenvalue weighted by Gasteiger charge is 2.45. The minimum Gasteiger partial charge on any atom is -0.342 e. The van der Waals surface area contributed by atoms with Gasteiger partial charge in [0.2, 0.25) is 5.91 Å². The van der Waals surface area contributed by atoms with Gasteiger partial charge in [-0.15, -0.1) is 0 Å². The molecular weight excluding hydrogens is 340 g/mol. The monoisotopic (exact) mass is 370 g/mol. The summed E-state index contributed by atoms with van der Waals surface area (Å²) < 4.78 is 0. The fraction of sp³-hybridized carbons (Fsp3) is 0.762. The lowest BCUT2D eigenvalue weighted by atomic mass is 9.77. The van der Waals surface area contributed by atoms with Crippen LogP contribution < -0.4 is 5.56 Å². The molecule has 1 saturated carbocycles. The van der Waals surface area contributed by atoms with Crippen molar-refractivity contribution in [1.29, 1.82) is 0 Å². The first kappa shape index (κ1) is 17.4. The van der Waals surface area contributed by atoms with Gasteiger partial charge >= 0.3 is 0 Å². The molecule has 0 bridgehead atoms. The lowest BCUT2D eigenvalue weighted by Gasteiger charge is -2.41. The lowest BCUT2D eigenvalue weighted by Crippen LogP contribution is -2.50. The number of piperidine rings is 2. The fourth-order valence-corrected chi connectivity index (χ4v) is 5.41. The highest BCUT2D eigenvalue weighted by molar-refractivity contribution is 5.78. The number of H-pyrrole nitrogens is 1. The second-order valence-corrected chi connectivity index (χ2v) is 9.09. The summed E-state index contributed by atoms with van der Waals surface area (Å²) >= 11 is 0. The van der Waals surface area contributed by atoms with E-state index >= 15 is 0 Å². The Morgan fingerprint density at radius 2 is 1.93 bits per heavy atom. The van der Waals surface area contributed by atoms with Crippen LogP contribution in [0.2, 0.25) is 0 Å². The fourth-order valence-electron chi connectivity index (χ4n) is 5.41. The number of amides is 1. The van der Waals surface area contributed by atoms with Crippen LogP contribution in [0.1, 0.15) is 74.4 Å². The molecule has 0 radical (unpaired) electrons. The standard InChI is InChI=1S/C21H30N4O2/c26-17(25-11-2-1-3-12-25)13-24-10-4-8-21(14-24)9-7-16-18(21)22-19(15-5-6-15)23-20(16)27/h15H,1-14H2,(H,22,23,27). The summed E-state index contributed by atoms with van der Waals surface area (Å²) in [4.78, 5) is 37.7. The van der Waals surface area contributed by atoms with E-state index in [9.17, 15) is 9.59 Å². The van der Waals surface area contributed by atoms with E-state index < -0.39 is 0 Å². The van der Waals surface area contributed by atoms with Gasteiger partial charge in [-0.2, -0.15) is 0 Å². The minimum absolute atomic E-state index is 0.0202. The first-order chi connectivity index (χ1) is 13.1. The molecular formula is C21H30N4O2. The number of nitrogens with one attached hydrogen (secondary N) is 1. The van der Waals surface area contributed by atoms with Crippen LogP contribution in [-0.2, 0) is 16.6 Å². The molecule has 3 fully saturated rings. The molecule has 1 amide bonds. The van der Waals surface area contributed by atoms with E-state index in [2.05, 4.69) is 9.88 Å². The highest BCUT2D eigenvalue weighted by Crippen LogP contribution is 2.45. The van der Waals surface area contributed by atoms with Crippen LogP contribution in [0.15, 0.2) is 4.79 Å². The van der Waals surface area contributed by atoms with Crippen molar-refractivity contribution in [1.82, 2.24) is 19.8 Å². The largest absolute Gasteiger partial charge is 0.342 e. The van der Waals surface area contributed by atoms with Crippen LogP contribution in [0.4, 0.5) is 0 Å². The second-order valence-electron chi connectivity index (χ2n) is 9.09. The number of carbonyl (C=O) groups excluding carboxylic acids is 1. The van der Waals surface area contributed by atoms with E-state index in [4.69, 9.17) is 4.98 Å². The van der Waals surface area contributed by atoms with Gasteiger partial charge in [0.05, 0.1) is 12.2 Å². The van der Waals surface area contributed by atoms with Crippen molar-refractivity contribution in [3.05, 3.63) is 27.4 Å². The van der Waals surface area contributed by atoms with Crippen molar-refractivity contribution >= 4 is 5.91 Å². The van der Waals surface area contributed by atoms with Gasteiger partial charge in [0.25, 0.3) is 5.56 Å². The Bertz CT molecular complexity index is 794. The molecule has 4 aliphatic rings. The first-order valence-corrected chi connectivity index (χ1v) is 10.8. The number of nitrogens with zero attached hydrogens (tertiary/aromatic N) is 3. The molecule has 1 atom stereocenters. The van der Waals surface area contributed by atoms with Crippen molar-refractivity contribution in [2.75, 3.05) is 32.7 Å². The molecule has 6 heteroatoms. The van der Waals surface area contributed by atoms with Gasteiger partial charge in [0.15, 0.2) is 0 Å². The van der Waals surface area contributed by atoms with Crippen LogP contribution in [0.5, 0.6) is 0 Å². The van der Waals surface area contributed by atoms with Gasteiger partial charge in [-0.1, -0.05) is 0 Å². The Kier molecular flexibility index (Phi) is 4.34. The van der Waals surface area contributed by atoms with E-state index in [-0.39, 0.29) is 16.9 Å². The molecule has 6 nitrogen and oxygen atoms in total. The molecule has 146 valence electrons. The van der Waals surface area contributed by atoms with Gasteiger partial charge < -0.3 is 9.88 Å². The number of rotatable bonds is 3. The zero-order chi connectivity index (χ0) is 18.4. The summed E-state index contributed by atoms with van der Waals surface area (Å²) in [7, 11) is 0. The van der Waals surface area contributed by atoms with Gasteiger partial charge in [-0.25, -0.2) is 4.98 Å². The SMILES string of the molecule is O=C(CN1CCCC2(CCc3c2nc(C2CC2)[nH]c3=O)C1)N1CCCCC1. The molecule has 2 aliphatic heterocycles. The van der Waals surface area contributed by atoms with Gasteiger partial charge in [-0.3, -0.25) is 14.5 Å². The maximum Gasteiger partial charge on any atom is 0.254 e. The van der Waals surface area contributed by atoms with Crippen LogP contribution in [0.3, 0.4) is 0 Å². The number of likely N-dealkylation sites (tertiary alicyclic amines) is 2. The molecule has 2 saturated heterocycles. The van der Waals surface area contributed by atoms with E-state index in [0.717, 1.165) is 94.6 Å². The maximum atomic E-state index is 12.7. The van der Waals surface area contributed by atoms with Gasteiger partial charge in [0.1, 0.15) is 5.82 Å². The molecule has 1 N–H and O–H groups in total. The molecule has 0 aromatic carbocycles.